The van der Waals surface area contributed by atoms with Crippen molar-refractivity contribution in [3.8, 4) is 0 Å². The molecule has 0 aliphatic carbocycles. The van der Waals surface area contributed by atoms with Crippen LogP contribution in [-0.4, -0.2) is 30.0 Å². The van der Waals surface area contributed by atoms with Gasteiger partial charge >= 0.3 is 5.97 Å². The van der Waals surface area contributed by atoms with Crippen LogP contribution in [0, 0.1) is 0 Å². The van der Waals surface area contributed by atoms with Gasteiger partial charge in [0.2, 0.25) is 0 Å². The molecule has 20 heavy (non-hydrogen) atoms. The molecule has 1 unspecified atom stereocenters. The fourth-order valence-electron chi connectivity index (χ4n) is 2.80. The van der Waals surface area contributed by atoms with E-state index in [2.05, 4.69) is 9.97 Å². The van der Waals surface area contributed by atoms with Crippen molar-refractivity contribution in [3.63, 3.8) is 0 Å². The first-order valence-electron chi connectivity index (χ1n) is 6.47. The van der Waals surface area contributed by atoms with Crippen molar-refractivity contribution in [3.05, 3.63) is 54.0 Å². The molecule has 0 radical (unpaired) electrons. The standard InChI is InChI=1S/C14H12N4O2/c19-14(20)10-8-18-11(4-5-13(18)16-10)9-7-17-6-2-1-3-12(17)15-9/h1-3,6-8,11H,4-5H2,(H,19,20). The highest BCUT2D eigenvalue weighted by atomic mass is 16.4. The fraction of sp³-hybridized carbons (Fsp3) is 0.214. The summed E-state index contributed by atoms with van der Waals surface area (Å²) in [6.07, 6.45) is 7.26. The number of rotatable bonds is 2. The van der Waals surface area contributed by atoms with Gasteiger partial charge in [0.25, 0.3) is 0 Å². The van der Waals surface area contributed by atoms with Crippen molar-refractivity contribution < 1.29 is 9.90 Å². The van der Waals surface area contributed by atoms with Gasteiger partial charge in [-0.05, 0) is 18.6 Å². The number of carboxylic acid groups (broad SMARTS) is 1. The number of pyridine rings is 1. The lowest BCUT2D eigenvalue weighted by Gasteiger charge is -2.08. The first-order valence-corrected chi connectivity index (χ1v) is 6.47. The fourth-order valence-corrected chi connectivity index (χ4v) is 2.80. The van der Waals surface area contributed by atoms with E-state index in [9.17, 15) is 4.79 Å². The zero-order valence-corrected chi connectivity index (χ0v) is 10.6. The molecule has 1 atom stereocenters. The van der Waals surface area contributed by atoms with Crippen molar-refractivity contribution in [1.82, 2.24) is 18.9 Å². The molecule has 1 aliphatic rings. The summed E-state index contributed by atoms with van der Waals surface area (Å²) in [5, 5.41) is 9.02. The van der Waals surface area contributed by atoms with E-state index in [1.807, 2.05) is 39.6 Å². The molecule has 0 aromatic carbocycles. The van der Waals surface area contributed by atoms with Crippen LogP contribution in [0.15, 0.2) is 36.8 Å². The molecule has 1 aliphatic heterocycles. The largest absolute Gasteiger partial charge is 0.476 e. The highest BCUT2D eigenvalue weighted by Crippen LogP contribution is 2.31. The zero-order chi connectivity index (χ0) is 13.7. The summed E-state index contributed by atoms with van der Waals surface area (Å²) in [5.41, 5.74) is 1.95. The van der Waals surface area contributed by atoms with Gasteiger partial charge in [0, 0.05) is 25.0 Å². The maximum Gasteiger partial charge on any atom is 0.356 e. The van der Waals surface area contributed by atoms with Crippen LogP contribution in [0.2, 0.25) is 0 Å². The van der Waals surface area contributed by atoms with Crippen LogP contribution < -0.4 is 0 Å². The van der Waals surface area contributed by atoms with Gasteiger partial charge < -0.3 is 14.1 Å². The van der Waals surface area contributed by atoms with E-state index in [1.54, 1.807) is 6.20 Å². The lowest BCUT2D eigenvalue weighted by atomic mass is 10.1. The third-order valence-corrected chi connectivity index (χ3v) is 3.73. The van der Waals surface area contributed by atoms with Crippen LogP contribution in [0.25, 0.3) is 5.65 Å². The van der Waals surface area contributed by atoms with Crippen LogP contribution in [0.4, 0.5) is 0 Å². The maximum atomic E-state index is 11.0. The third kappa shape index (κ3) is 1.54. The highest BCUT2D eigenvalue weighted by molar-refractivity contribution is 5.85. The number of carbonyl (C=O) groups is 1. The molecule has 0 amide bonds. The van der Waals surface area contributed by atoms with Crippen molar-refractivity contribution in [2.45, 2.75) is 18.9 Å². The van der Waals surface area contributed by atoms with E-state index in [0.29, 0.717) is 0 Å². The average Bonchev–Trinajstić information content (AvgIpc) is 3.10. The van der Waals surface area contributed by atoms with Gasteiger partial charge in [0.1, 0.15) is 11.5 Å². The van der Waals surface area contributed by atoms with Gasteiger partial charge in [0.15, 0.2) is 5.69 Å². The molecule has 6 nitrogen and oxygen atoms in total. The lowest BCUT2D eigenvalue weighted by Crippen LogP contribution is -2.05. The monoisotopic (exact) mass is 268 g/mol. The smallest absolute Gasteiger partial charge is 0.356 e. The average molecular weight is 268 g/mol. The Balaban J connectivity index is 1.79. The molecule has 4 heterocycles. The summed E-state index contributed by atoms with van der Waals surface area (Å²) < 4.78 is 3.91. The Morgan fingerprint density at radius 1 is 1.30 bits per heavy atom. The van der Waals surface area contributed by atoms with Crippen LogP contribution in [0.3, 0.4) is 0 Å². The molecule has 100 valence electrons. The minimum Gasteiger partial charge on any atom is -0.476 e. The minimum absolute atomic E-state index is 0.0745. The van der Waals surface area contributed by atoms with E-state index < -0.39 is 5.97 Å². The number of aryl methyl sites for hydroxylation is 1. The molecule has 0 saturated heterocycles. The summed E-state index contributed by atoms with van der Waals surface area (Å²) in [7, 11) is 0. The Kier molecular flexibility index (Phi) is 2.20. The van der Waals surface area contributed by atoms with Crippen LogP contribution in [0.1, 0.15) is 34.5 Å². The van der Waals surface area contributed by atoms with Crippen molar-refractivity contribution in [2.75, 3.05) is 0 Å². The summed E-state index contributed by atoms with van der Waals surface area (Å²) in [4.78, 5) is 19.8. The molecule has 3 aromatic heterocycles. The number of carboxylic acids is 1. The predicted molar refractivity (Wildman–Crippen MR) is 70.8 cm³/mol. The Morgan fingerprint density at radius 3 is 3.00 bits per heavy atom. The van der Waals surface area contributed by atoms with Crippen LogP contribution in [-0.2, 0) is 6.42 Å². The highest BCUT2D eigenvalue weighted by Gasteiger charge is 2.28. The van der Waals surface area contributed by atoms with Gasteiger partial charge in [-0.25, -0.2) is 14.8 Å². The Labute approximate surface area is 114 Å². The van der Waals surface area contributed by atoms with E-state index >= 15 is 0 Å². The molecule has 0 spiro atoms. The van der Waals surface area contributed by atoms with Crippen molar-refractivity contribution >= 4 is 11.6 Å². The molecule has 4 rings (SSSR count). The van der Waals surface area contributed by atoms with Gasteiger partial charge in [0.05, 0.1) is 11.7 Å². The topological polar surface area (TPSA) is 72.4 Å². The summed E-state index contributed by atoms with van der Waals surface area (Å²) >= 11 is 0. The number of hydrogen-bond acceptors (Lipinski definition) is 3. The Bertz CT molecular complexity index is 785. The summed E-state index contributed by atoms with van der Waals surface area (Å²) in [6.45, 7) is 0. The van der Waals surface area contributed by atoms with E-state index in [4.69, 9.17) is 5.11 Å². The molecule has 0 saturated carbocycles. The first-order chi connectivity index (χ1) is 9.72. The molecule has 3 aromatic rings. The number of hydrogen-bond donors (Lipinski definition) is 1. The Hall–Kier alpha value is -2.63. The van der Waals surface area contributed by atoms with E-state index in [-0.39, 0.29) is 11.7 Å². The number of imidazole rings is 2. The second kappa shape index (κ2) is 3.93. The van der Waals surface area contributed by atoms with E-state index in [0.717, 1.165) is 30.0 Å². The lowest BCUT2D eigenvalue weighted by molar-refractivity contribution is 0.0690. The Morgan fingerprint density at radius 2 is 2.20 bits per heavy atom. The quantitative estimate of drug-likeness (QED) is 0.768. The normalized spacial score (nSPS) is 17.5. The van der Waals surface area contributed by atoms with Crippen molar-refractivity contribution in [1.29, 1.82) is 0 Å². The number of fused-ring (bicyclic) bond motifs is 2. The number of nitrogens with zero attached hydrogens (tertiary/aromatic N) is 4. The summed E-state index contributed by atoms with van der Waals surface area (Å²) in [6, 6.07) is 5.94. The van der Waals surface area contributed by atoms with Gasteiger partial charge in [-0.1, -0.05) is 6.07 Å². The number of aromatic carboxylic acids is 1. The molecule has 0 fully saturated rings. The zero-order valence-electron chi connectivity index (χ0n) is 10.6. The second-order valence-electron chi connectivity index (χ2n) is 4.94. The molecule has 6 heteroatoms. The predicted octanol–water partition coefficient (Wildman–Crippen LogP) is 1.76. The number of aromatic nitrogens is 4. The SMILES string of the molecule is O=C(O)c1cn2c(n1)CCC2c1cn2ccccc2n1. The van der Waals surface area contributed by atoms with Gasteiger partial charge in [-0.15, -0.1) is 0 Å². The summed E-state index contributed by atoms with van der Waals surface area (Å²) in [5.74, 6) is -0.162. The van der Waals surface area contributed by atoms with Gasteiger partial charge in [-0.3, -0.25) is 0 Å². The first kappa shape index (κ1) is 11.2. The maximum absolute atomic E-state index is 11.0. The second-order valence-corrected chi connectivity index (χ2v) is 4.94. The van der Waals surface area contributed by atoms with Crippen LogP contribution >= 0.6 is 0 Å². The third-order valence-electron chi connectivity index (χ3n) is 3.73. The molecular weight excluding hydrogens is 256 g/mol. The minimum atomic E-state index is -0.986. The van der Waals surface area contributed by atoms with Gasteiger partial charge in [-0.2, -0.15) is 0 Å². The van der Waals surface area contributed by atoms with E-state index in [1.165, 1.54) is 0 Å². The van der Waals surface area contributed by atoms with Crippen LogP contribution in [0.5, 0.6) is 0 Å². The van der Waals surface area contributed by atoms with Crippen molar-refractivity contribution in [2.24, 2.45) is 0 Å². The molecule has 1 N–H and O–H groups in total. The molecule has 0 bridgehead atoms. The molecular formula is C14H12N4O2.